The smallest absolute Gasteiger partial charge is 0.0801 e. The van der Waals surface area contributed by atoms with Gasteiger partial charge in [0.25, 0.3) is 0 Å². The van der Waals surface area contributed by atoms with E-state index in [9.17, 15) is 5.11 Å². The number of benzene rings is 1. The summed E-state index contributed by atoms with van der Waals surface area (Å²) in [6.07, 6.45) is 5.33. The maximum absolute atomic E-state index is 10.2. The van der Waals surface area contributed by atoms with Crippen molar-refractivity contribution < 1.29 is 9.84 Å². The molecule has 2 rings (SSSR count). The molecule has 2 atom stereocenters. The van der Waals surface area contributed by atoms with Crippen LogP contribution in [0.15, 0.2) is 22.7 Å². The largest absolute Gasteiger partial charge is 0.388 e. The van der Waals surface area contributed by atoms with Crippen molar-refractivity contribution in [3.05, 3.63) is 33.8 Å². The van der Waals surface area contributed by atoms with Crippen LogP contribution < -0.4 is 0 Å². The minimum atomic E-state index is -0.374. The molecule has 100 valence electrons. The van der Waals surface area contributed by atoms with Gasteiger partial charge in [-0.25, -0.2) is 0 Å². The highest BCUT2D eigenvalue weighted by Gasteiger charge is 2.17. The summed E-state index contributed by atoms with van der Waals surface area (Å²) in [6.45, 7) is 2.96. The van der Waals surface area contributed by atoms with Crippen LogP contribution in [0, 0.1) is 6.92 Å². The summed E-state index contributed by atoms with van der Waals surface area (Å²) in [6, 6.07) is 6.04. The van der Waals surface area contributed by atoms with Gasteiger partial charge in [0.2, 0.25) is 0 Å². The van der Waals surface area contributed by atoms with Crippen LogP contribution in [0.1, 0.15) is 49.3 Å². The van der Waals surface area contributed by atoms with Crippen LogP contribution in [0.25, 0.3) is 0 Å². The maximum atomic E-state index is 10.2. The monoisotopic (exact) mass is 312 g/mol. The number of aryl methyl sites for hydroxylation is 1. The molecular weight excluding hydrogens is 292 g/mol. The molecule has 3 heteroatoms. The molecule has 1 aliphatic heterocycles. The first-order valence-corrected chi connectivity index (χ1v) is 7.52. The zero-order valence-electron chi connectivity index (χ0n) is 10.9. The molecule has 1 heterocycles. The first-order valence-electron chi connectivity index (χ1n) is 6.73. The number of ether oxygens (including phenoxy) is 1. The summed E-state index contributed by atoms with van der Waals surface area (Å²) in [5, 5.41) is 10.2. The zero-order chi connectivity index (χ0) is 13.0. The van der Waals surface area contributed by atoms with Gasteiger partial charge in [-0.2, -0.15) is 0 Å². The molecule has 1 aliphatic rings. The number of hydrogen-bond acceptors (Lipinski definition) is 2. The lowest BCUT2D eigenvalue weighted by atomic mass is 10.0. The van der Waals surface area contributed by atoms with Crippen LogP contribution in [-0.2, 0) is 4.74 Å². The summed E-state index contributed by atoms with van der Waals surface area (Å²) < 4.78 is 6.63. The fourth-order valence-corrected chi connectivity index (χ4v) is 3.02. The van der Waals surface area contributed by atoms with E-state index in [2.05, 4.69) is 15.9 Å². The fraction of sp³-hybridized carbons (Fsp3) is 0.600. The van der Waals surface area contributed by atoms with Gasteiger partial charge in [-0.05, 0) is 50.2 Å². The fourth-order valence-electron chi connectivity index (χ4n) is 2.49. The molecule has 1 aromatic carbocycles. The van der Waals surface area contributed by atoms with Crippen LogP contribution in [0.5, 0.6) is 0 Å². The van der Waals surface area contributed by atoms with E-state index >= 15 is 0 Å². The van der Waals surface area contributed by atoms with E-state index in [4.69, 9.17) is 4.74 Å². The van der Waals surface area contributed by atoms with E-state index < -0.39 is 0 Å². The summed E-state index contributed by atoms with van der Waals surface area (Å²) in [7, 11) is 0. The average Bonchev–Trinajstić information content (AvgIpc) is 2.85. The van der Waals surface area contributed by atoms with Gasteiger partial charge in [0.05, 0.1) is 12.2 Å². The quantitative estimate of drug-likeness (QED) is 0.885. The van der Waals surface area contributed by atoms with E-state index in [1.807, 2.05) is 25.1 Å². The molecule has 1 saturated heterocycles. The molecule has 0 bridgehead atoms. The molecule has 2 nitrogen and oxygen atoms in total. The van der Waals surface area contributed by atoms with E-state index in [0.29, 0.717) is 6.10 Å². The molecule has 0 radical (unpaired) electrons. The lowest BCUT2D eigenvalue weighted by molar-refractivity contribution is 0.0944. The Morgan fingerprint density at radius 2 is 2.33 bits per heavy atom. The van der Waals surface area contributed by atoms with Crippen molar-refractivity contribution in [1.82, 2.24) is 0 Å². The summed E-state index contributed by atoms with van der Waals surface area (Å²) in [4.78, 5) is 0. The first-order chi connectivity index (χ1) is 8.68. The molecule has 0 saturated carbocycles. The predicted molar refractivity (Wildman–Crippen MR) is 76.7 cm³/mol. The third-order valence-electron chi connectivity index (χ3n) is 3.61. The summed E-state index contributed by atoms with van der Waals surface area (Å²) in [5.41, 5.74) is 2.17. The predicted octanol–water partition coefficient (Wildman–Crippen LogP) is 4.14. The molecule has 18 heavy (non-hydrogen) atoms. The van der Waals surface area contributed by atoms with Crippen LogP contribution in [0.3, 0.4) is 0 Å². The van der Waals surface area contributed by atoms with Crippen molar-refractivity contribution in [2.75, 3.05) is 6.61 Å². The van der Waals surface area contributed by atoms with Gasteiger partial charge in [0.1, 0.15) is 0 Å². The number of hydrogen-bond donors (Lipinski definition) is 1. The third-order valence-corrected chi connectivity index (χ3v) is 4.69. The highest BCUT2D eigenvalue weighted by Crippen LogP contribution is 2.30. The molecule has 1 N–H and O–H groups in total. The van der Waals surface area contributed by atoms with E-state index in [1.54, 1.807) is 0 Å². The van der Waals surface area contributed by atoms with Crippen molar-refractivity contribution in [2.24, 2.45) is 0 Å². The number of aliphatic hydroxyl groups excluding tert-OH is 1. The van der Waals surface area contributed by atoms with Crippen LogP contribution in [0.4, 0.5) is 0 Å². The highest BCUT2D eigenvalue weighted by atomic mass is 79.9. The van der Waals surface area contributed by atoms with Crippen molar-refractivity contribution in [3.63, 3.8) is 0 Å². The Hall–Kier alpha value is -0.380. The Balaban J connectivity index is 1.83. The molecule has 0 aliphatic carbocycles. The number of rotatable bonds is 5. The second-order valence-electron chi connectivity index (χ2n) is 5.06. The molecule has 1 fully saturated rings. The minimum Gasteiger partial charge on any atom is -0.388 e. The second kappa shape index (κ2) is 6.69. The molecule has 0 aromatic heterocycles. The van der Waals surface area contributed by atoms with Gasteiger partial charge >= 0.3 is 0 Å². The average molecular weight is 313 g/mol. The minimum absolute atomic E-state index is 0.374. The van der Waals surface area contributed by atoms with E-state index in [0.717, 1.165) is 35.9 Å². The molecule has 2 unspecified atom stereocenters. The Morgan fingerprint density at radius 1 is 1.50 bits per heavy atom. The van der Waals surface area contributed by atoms with Gasteiger partial charge in [-0.15, -0.1) is 0 Å². The Morgan fingerprint density at radius 3 is 3.06 bits per heavy atom. The normalized spacial score (nSPS) is 21.2. The van der Waals surface area contributed by atoms with E-state index in [-0.39, 0.29) is 6.10 Å². The molecule has 0 spiro atoms. The van der Waals surface area contributed by atoms with Crippen LogP contribution in [-0.4, -0.2) is 17.8 Å². The Labute approximate surface area is 117 Å². The summed E-state index contributed by atoms with van der Waals surface area (Å²) >= 11 is 3.55. The van der Waals surface area contributed by atoms with Gasteiger partial charge in [0, 0.05) is 11.1 Å². The van der Waals surface area contributed by atoms with Gasteiger partial charge in [0.15, 0.2) is 0 Å². The lowest BCUT2D eigenvalue weighted by Gasteiger charge is -2.15. The van der Waals surface area contributed by atoms with Gasteiger partial charge < -0.3 is 9.84 Å². The molecule has 0 amide bonds. The van der Waals surface area contributed by atoms with Crippen molar-refractivity contribution in [3.8, 4) is 0 Å². The maximum Gasteiger partial charge on any atom is 0.0801 e. The van der Waals surface area contributed by atoms with Gasteiger partial charge in [-0.3, -0.25) is 0 Å². The SMILES string of the molecule is Cc1cccc(C(O)CCCC2CCCO2)c1Br. The number of halogens is 1. The van der Waals surface area contributed by atoms with E-state index in [1.165, 1.54) is 18.4 Å². The standard InChI is InChI=1S/C15H21BrO2/c1-11-5-2-8-13(15(11)16)14(17)9-3-6-12-7-4-10-18-12/h2,5,8,12,14,17H,3-4,6-7,9-10H2,1H3. The highest BCUT2D eigenvalue weighted by molar-refractivity contribution is 9.10. The number of aliphatic hydroxyl groups is 1. The van der Waals surface area contributed by atoms with Crippen LogP contribution >= 0.6 is 15.9 Å². The van der Waals surface area contributed by atoms with Gasteiger partial charge in [-0.1, -0.05) is 34.1 Å². The Kier molecular flexibility index (Phi) is 5.22. The second-order valence-corrected chi connectivity index (χ2v) is 5.85. The third kappa shape index (κ3) is 3.56. The topological polar surface area (TPSA) is 29.5 Å². The zero-order valence-corrected chi connectivity index (χ0v) is 12.4. The van der Waals surface area contributed by atoms with Crippen LogP contribution in [0.2, 0.25) is 0 Å². The van der Waals surface area contributed by atoms with Crippen molar-refractivity contribution in [2.45, 2.75) is 51.2 Å². The lowest BCUT2D eigenvalue weighted by Crippen LogP contribution is -2.06. The molecular formula is C15H21BrO2. The van der Waals surface area contributed by atoms with Crippen molar-refractivity contribution in [1.29, 1.82) is 0 Å². The Bertz CT molecular complexity index is 386. The van der Waals surface area contributed by atoms with Crippen molar-refractivity contribution >= 4 is 15.9 Å². The first kappa shape index (κ1) is 14.0. The summed E-state index contributed by atoms with van der Waals surface area (Å²) in [5.74, 6) is 0. The molecule has 1 aromatic rings.